The molecular weight excluding hydrogens is 319 g/mol. The van der Waals surface area contributed by atoms with Gasteiger partial charge in [0.2, 0.25) is 5.91 Å². The molecule has 1 N–H and O–H groups in total. The minimum Gasteiger partial charge on any atom is -0.355 e. The minimum atomic E-state index is -4.43. The van der Waals surface area contributed by atoms with Gasteiger partial charge in [0.05, 0.1) is 0 Å². The number of piperidine rings is 1. The van der Waals surface area contributed by atoms with Gasteiger partial charge in [0, 0.05) is 32.0 Å². The molecule has 0 bridgehead atoms. The molecule has 1 aliphatic carbocycles. The van der Waals surface area contributed by atoms with E-state index in [9.17, 15) is 18.0 Å². The summed E-state index contributed by atoms with van der Waals surface area (Å²) in [7, 11) is 0. The van der Waals surface area contributed by atoms with E-state index in [1.165, 1.54) is 5.56 Å². The average molecular weight is 341 g/mol. The van der Waals surface area contributed by atoms with Crippen LogP contribution in [0.5, 0.6) is 0 Å². The second-order valence-corrected chi connectivity index (χ2v) is 6.89. The number of aromatic nitrogens is 1. The third-order valence-corrected chi connectivity index (χ3v) is 5.04. The lowest BCUT2D eigenvalue weighted by Gasteiger charge is -2.33. The Labute approximate surface area is 139 Å². The SMILES string of the molecule is O=C(NC[C@@H]1CCCN(Cc2ccncc2)C1)C1(C(F)(F)F)CC1. The Hall–Kier alpha value is -1.63. The normalized spacial score (nSPS) is 23.7. The fraction of sp³-hybridized carbons (Fsp3) is 0.647. The molecule has 0 radical (unpaired) electrons. The molecule has 1 aromatic heterocycles. The molecule has 7 heteroatoms. The van der Waals surface area contributed by atoms with Gasteiger partial charge in [-0.2, -0.15) is 13.2 Å². The van der Waals surface area contributed by atoms with Crippen molar-refractivity contribution in [2.24, 2.45) is 11.3 Å². The Bertz CT molecular complexity index is 572. The van der Waals surface area contributed by atoms with Crippen LogP contribution in [0.1, 0.15) is 31.2 Å². The van der Waals surface area contributed by atoms with Crippen LogP contribution in [-0.2, 0) is 11.3 Å². The number of nitrogens with zero attached hydrogens (tertiary/aromatic N) is 2. The third-order valence-electron chi connectivity index (χ3n) is 5.04. The summed E-state index contributed by atoms with van der Waals surface area (Å²) < 4.78 is 38.8. The van der Waals surface area contributed by atoms with E-state index in [1.54, 1.807) is 12.4 Å². The van der Waals surface area contributed by atoms with Crippen LogP contribution in [0.25, 0.3) is 0 Å². The van der Waals surface area contributed by atoms with Gasteiger partial charge in [-0.1, -0.05) is 0 Å². The molecule has 0 spiro atoms. The van der Waals surface area contributed by atoms with Crippen molar-refractivity contribution in [2.75, 3.05) is 19.6 Å². The van der Waals surface area contributed by atoms with E-state index in [2.05, 4.69) is 15.2 Å². The lowest BCUT2D eigenvalue weighted by Crippen LogP contribution is -2.45. The van der Waals surface area contributed by atoms with Crippen LogP contribution in [0, 0.1) is 11.3 Å². The largest absolute Gasteiger partial charge is 0.403 e. The summed E-state index contributed by atoms with van der Waals surface area (Å²) >= 11 is 0. The van der Waals surface area contributed by atoms with Gasteiger partial charge >= 0.3 is 6.18 Å². The molecule has 0 aromatic carbocycles. The highest BCUT2D eigenvalue weighted by atomic mass is 19.4. The number of rotatable bonds is 5. The van der Waals surface area contributed by atoms with Crippen molar-refractivity contribution in [3.05, 3.63) is 30.1 Å². The lowest BCUT2D eigenvalue weighted by atomic mass is 9.97. The molecule has 1 aliphatic heterocycles. The zero-order valence-corrected chi connectivity index (χ0v) is 13.5. The molecule has 1 saturated heterocycles. The first kappa shape index (κ1) is 17.2. The number of alkyl halides is 3. The van der Waals surface area contributed by atoms with Crippen molar-refractivity contribution < 1.29 is 18.0 Å². The molecular formula is C17H22F3N3O. The summed E-state index contributed by atoms with van der Waals surface area (Å²) in [5, 5.41) is 2.55. The number of likely N-dealkylation sites (tertiary alicyclic amines) is 1. The van der Waals surface area contributed by atoms with Crippen LogP contribution in [0.4, 0.5) is 13.2 Å². The topological polar surface area (TPSA) is 45.2 Å². The Morgan fingerprint density at radius 1 is 1.33 bits per heavy atom. The highest BCUT2D eigenvalue weighted by Crippen LogP contribution is 2.57. The molecule has 3 rings (SSSR count). The second kappa shape index (κ2) is 6.70. The van der Waals surface area contributed by atoms with Crippen LogP contribution in [0.3, 0.4) is 0 Å². The average Bonchev–Trinajstić information content (AvgIpc) is 3.36. The molecule has 1 atom stereocenters. The maximum Gasteiger partial charge on any atom is 0.403 e. The van der Waals surface area contributed by atoms with Crippen molar-refractivity contribution >= 4 is 5.91 Å². The fourth-order valence-corrected chi connectivity index (χ4v) is 3.38. The molecule has 1 aromatic rings. The quantitative estimate of drug-likeness (QED) is 0.896. The molecule has 1 amide bonds. The Morgan fingerprint density at radius 3 is 2.67 bits per heavy atom. The molecule has 4 nitrogen and oxygen atoms in total. The van der Waals surface area contributed by atoms with Crippen molar-refractivity contribution in [2.45, 2.75) is 38.4 Å². The number of nitrogens with one attached hydrogen (secondary N) is 1. The Kier molecular flexibility index (Phi) is 4.80. The van der Waals surface area contributed by atoms with Gasteiger partial charge in [0.1, 0.15) is 5.41 Å². The fourth-order valence-electron chi connectivity index (χ4n) is 3.38. The van der Waals surface area contributed by atoms with Gasteiger partial charge in [-0.15, -0.1) is 0 Å². The van der Waals surface area contributed by atoms with Gasteiger partial charge in [-0.3, -0.25) is 14.7 Å². The summed E-state index contributed by atoms with van der Waals surface area (Å²) in [6, 6.07) is 3.93. The minimum absolute atomic E-state index is 0.0822. The molecule has 2 heterocycles. The Balaban J connectivity index is 1.48. The van der Waals surface area contributed by atoms with Crippen LogP contribution < -0.4 is 5.32 Å². The molecule has 0 unspecified atom stereocenters. The number of amides is 1. The van der Waals surface area contributed by atoms with Crippen LogP contribution >= 0.6 is 0 Å². The van der Waals surface area contributed by atoms with E-state index in [-0.39, 0.29) is 18.8 Å². The predicted molar refractivity (Wildman–Crippen MR) is 83.0 cm³/mol. The van der Waals surface area contributed by atoms with Crippen molar-refractivity contribution in [3.63, 3.8) is 0 Å². The number of carbonyl (C=O) groups is 1. The number of hydrogen-bond acceptors (Lipinski definition) is 3. The standard InChI is InChI=1S/C17H22F3N3O/c18-17(19,20)16(5-6-16)15(24)22-10-14-2-1-9-23(12-14)11-13-3-7-21-8-4-13/h3-4,7-8,14H,1-2,5-6,9-12H2,(H,22,24)/t14-/m0/s1. The summed E-state index contributed by atoms with van der Waals surface area (Å²) in [4.78, 5) is 18.2. The van der Waals surface area contributed by atoms with E-state index in [1.807, 2.05) is 12.1 Å². The molecule has 2 fully saturated rings. The zero-order valence-electron chi connectivity index (χ0n) is 13.5. The third kappa shape index (κ3) is 3.71. The van der Waals surface area contributed by atoms with Crippen LogP contribution in [-0.4, -0.2) is 41.6 Å². The van der Waals surface area contributed by atoms with E-state index >= 15 is 0 Å². The first-order valence-electron chi connectivity index (χ1n) is 8.37. The van der Waals surface area contributed by atoms with Crippen molar-refractivity contribution in [3.8, 4) is 0 Å². The number of hydrogen-bond donors (Lipinski definition) is 1. The number of pyridine rings is 1. The zero-order chi connectivity index (χ0) is 17.2. The molecule has 132 valence electrons. The van der Waals surface area contributed by atoms with Gasteiger partial charge in [-0.05, 0) is 55.8 Å². The van der Waals surface area contributed by atoms with Gasteiger partial charge in [0.25, 0.3) is 0 Å². The summed E-state index contributed by atoms with van der Waals surface area (Å²) in [6.07, 6.45) is 0.841. The second-order valence-electron chi connectivity index (χ2n) is 6.89. The van der Waals surface area contributed by atoms with Crippen LogP contribution in [0.2, 0.25) is 0 Å². The number of carbonyl (C=O) groups excluding carboxylic acids is 1. The monoisotopic (exact) mass is 341 g/mol. The molecule has 2 aliphatic rings. The lowest BCUT2D eigenvalue weighted by molar-refractivity contribution is -0.192. The molecule has 1 saturated carbocycles. The van der Waals surface area contributed by atoms with E-state index < -0.39 is 17.5 Å². The first-order chi connectivity index (χ1) is 11.4. The van der Waals surface area contributed by atoms with Gasteiger partial charge in [0.15, 0.2) is 0 Å². The van der Waals surface area contributed by atoms with Crippen molar-refractivity contribution in [1.29, 1.82) is 0 Å². The van der Waals surface area contributed by atoms with Gasteiger partial charge in [-0.25, -0.2) is 0 Å². The van der Waals surface area contributed by atoms with E-state index in [0.717, 1.165) is 32.5 Å². The van der Waals surface area contributed by atoms with Crippen LogP contribution in [0.15, 0.2) is 24.5 Å². The van der Waals surface area contributed by atoms with Crippen molar-refractivity contribution in [1.82, 2.24) is 15.2 Å². The smallest absolute Gasteiger partial charge is 0.355 e. The summed E-state index contributed by atoms with van der Waals surface area (Å²) in [6.45, 7) is 2.89. The maximum atomic E-state index is 12.9. The van der Waals surface area contributed by atoms with E-state index in [4.69, 9.17) is 0 Å². The summed E-state index contributed by atoms with van der Waals surface area (Å²) in [5.74, 6) is -0.644. The van der Waals surface area contributed by atoms with Gasteiger partial charge < -0.3 is 5.32 Å². The molecule has 24 heavy (non-hydrogen) atoms. The predicted octanol–water partition coefficient (Wildman–Crippen LogP) is 2.75. The number of halogens is 3. The summed E-state index contributed by atoms with van der Waals surface area (Å²) in [5.41, 5.74) is -0.943. The first-order valence-corrected chi connectivity index (χ1v) is 8.37. The highest BCUT2D eigenvalue weighted by Gasteiger charge is 2.68. The Morgan fingerprint density at radius 2 is 2.04 bits per heavy atom. The van der Waals surface area contributed by atoms with E-state index in [0.29, 0.717) is 6.54 Å². The maximum absolute atomic E-state index is 12.9. The highest BCUT2D eigenvalue weighted by molar-refractivity contribution is 5.86.